The van der Waals surface area contributed by atoms with Crippen molar-refractivity contribution in [2.24, 2.45) is 17.3 Å². The standard InChI is InChI=1S/C21H28O/c1-15(2)19-12-9-13-21(14-19,16(3)4)20(22)17(5)18-10-7-6-8-11-18/h6-13,15-17H,14H2,1-5H3. The third kappa shape index (κ3) is 3.09. The fourth-order valence-corrected chi connectivity index (χ4v) is 3.34. The van der Waals surface area contributed by atoms with Crippen molar-refractivity contribution >= 4 is 5.78 Å². The van der Waals surface area contributed by atoms with Crippen molar-refractivity contribution in [3.05, 3.63) is 59.7 Å². The molecule has 0 fully saturated rings. The summed E-state index contributed by atoms with van der Waals surface area (Å²) in [7, 11) is 0. The monoisotopic (exact) mass is 296 g/mol. The van der Waals surface area contributed by atoms with Gasteiger partial charge in [0.15, 0.2) is 5.78 Å². The third-order valence-electron chi connectivity index (χ3n) is 5.12. The maximum Gasteiger partial charge on any atom is 0.150 e. The largest absolute Gasteiger partial charge is 0.298 e. The highest BCUT2D eigenvalue weighted by Crippen LogP contribution is 2.44. The van der Waals surface area contributed by atoms with Crippen LogP contribution < -0.4 is 0 Å². The fraction of sp³-hybridized carbons (Fsp3) is 0.476. The summed E-state index contributed by atoms with van der Waals surface area (Å²) in [6.07, 6.45) is 7.28. The molecule has 2 atom stereocenters. The molecule has 2 rings (SSSR count). The SMILES string of the molecule is CC(C)C1=CC=CC(C(=O)C(C)c2ccccc2)(C(C)C)C1. The average Bonchev–Trinajstić information content (AvgIpc) is 2.54. The van der Waals surface area contributed by atoms with Gasteiger partial charge in [-0.3, -0.25) is 4.79 Å². The van der Waals surface area contributed by atoms with E-state index >= 15 is 0 Å². The van der Waals surface area contributed by atoms with Crippen LogP contribution in [0.2, 0.25) is 0 Å². The van der Waals surface area contributed by atoms with E-state index in [9.17, 15) is 4.79 Å². The quantitative estimate of drug-likeness (QED) is 0.696. The molecule has 1 aromatic rings. The molecule has 1 aliphatic carbocycles. The highest BCUT2D eigenvalue weighted by Gasteiger charge is 2.43. The normalized spacial score (nSPS) is 22.8. The van der Waals surface area contributed by atoms with Crippen LogP contribution in [-0.4, -0.2) is 5.78 Å². The number of Topliss-reactive ketones (excluding diaryl/α,β-unsaturated/α-hetero) is 1. The number of hydrogen-bond donors (Lipinski definition) is 0. The van der Waals surface area contributed by atoms with Crippen LogP contribution >= 0.6 is 0 Å². The number of benzene rings is 1. The predicted octanol–water partition coefficient (Wildman–Crippen LogP) is 5.54. The maximum absolute atomic E-state index is 13.4. The van der Waals surface area contributed by atoms with Crippen LogP contribution in [0.25, 0.3) is 0 Å². The van der Waals surface area contributed by atoms with Gasteiger partial charge in [0.25, 0.3) is 0 Å². The van der Waals surface area contributed by atoms with E-state index in [1.807, 2.05) is 25.1 Å². The Morgan fingerprint density at radius 2 is 1.68 bits per heavy atom. The lowest BCUT2D eigenvalue weighted by molar-refractivity contribution is -0.129. The highest BCUT2D eigenvalue weighted by molar-refractivity contribution is 5.93. The molecule has 0 saturated carbocycles. The molecule has 1 aromatic carbocycles. The lowest BCUT2D eigenvalue weighted by atomic mass is 9.63. The van der Waals surface area contributed by atoms with Gasteiger partial charge in [-0.25, -0.2) is 0 Å². The van der Waals surface area contributed by atoms with E-state index in [2.05, 4.69) is 58.1 Å². The summed E-state index contributed by atoms with van der Waals surface area (Å²) in [4.78, 5) is 13.4. The number of carbonyl (C=O) groups is 1. The molecule has 0 spiro atoms. The molecule has 1 nitrogen and oxygen atoms in total. The molecule has 1 aliphatic rings. The summed E-state index contributed by atoms with van der Waals surface area (Å²) in [5.41, 5.74) is 2.12. The molecule has 0 heterocycles. The molecule has 118 valence electrons. The molecule has 0 aliphatic heterocycles. The molecule has 0 N–H and O–H groups in total. The molecule has 0 saturated heterocycles. The van der Waals surface area contributed by atoms with Gasteiger partial charge in [0, 0.05) is 5.92 Å². The Hall–Kier alpha value is -1.63. The summed E-state index contributed by atoms with van der Waals surface area (Å²) in [6.45, 7) is 10.8. The average molecular weight is 296 g/mol. The van der Waals surface area contributed by atoms with Gasteiger partial charge in [0.1, 0.15) is 0 Å². The van der Waals surface area contributed by atoms with Crippen molar-refractivity contribution in [1.29, 1.82) is 0 Å². The molecule has 0 aromatic heterocycles. The Bertz CT molecular complexity index is 577. The van der Waals surface area contributed by atoms with Gasteiger partial charge >= 0.3 is 0 Å². The van der Waals surface area contributed by atoms with Crippen molar-refractivity contribution < 1.29 is 4.79 Å². The van der Waals surface area contributed by atoms with Crippen molar-refractivity contribution in [3.8, 4) is 0 Å². The van der Waals surface area contributed by atoms with Gasteiger partial charge in [-0.05, 0) is 23.8 Å². The summed E-state index contributed by atoms with van der Waals surface area (Å²) < 4.78 is 0. The zero-order valence-corrected chi connectivity index (χ0v) is 14.5. The van der Waals surface area contributed by atoms with Crippen LogP contribution in [-0.2, 0) is 4.79 Å². The fourth-order valence-electron chi connectivity index (χ4n) is 3.34. The highest BCUT2D eigenvalue weighted by atomic mass is 16.1. The number of allylic oxidation sites excluding steroid dienone is 4. The van der Waals surface area contributed by atoms with E-state index in [1.54, 1.807) is 0 Å². The van der Waals surface area contributed by atoms with Crippen LogP contribution in [0.5, 0.6) is 0 Å². The third-order valence-corrected chi connectivity index (χ3v) is 5.12. The molecule has 2 unspecified atom stereocenters. The Balaban J connectivity index is 2.35. The number of ketones is 1. The van der Waals surface area contributed by atoms with E-state index in [1.165, 1.54) is 5.57 Å². The summed E-state index contributed by atoms with van der Waals surface area (Å²) in [5, 5.41) is 0. The first-order valence-electron chi connectivity index (χ1n) is 8.36. The zero-order valence-electron chi connectivity index (χ0n) is 14.5. The Labute approximate surface area is 135 Å². The first-order chi connectivity index (χ1) is 10.4. The van der Waals surface area contributed by atoms with E-state index in [0.717, 1.165) is 12.0 Å². The molecular formula is C21H28O. The van der Waals surface area contributed by atoms with E-state index < -0.39 is 0 Å². The minimum atomic E-state index is -0.371. The molecule has 0 amide bonds. The van der Waals surface area contributed by atoms with Gasteiger partial charge in [-0.2, -0.15) is 0 Å². The van der Waals surface area contributed by atoms with Gasteiger partial charge in [0.2, 0.25) is 0 Å². The Morgan fingerprint density at radius 1 is 1.05 bits per heavy atom. The Morgan fingerprint density at radius 3 is 2.23 bits per heavy atom. The number of hydrogen-bond acceptors (Lipinski definition) is 1. The molecule has 0 bridgehead atoms. The van der Waals surface area contributed by atoms with E-state index in [4.69, 9.17) is 0 Å². The van der Waals surface area contributed by atoms with Crippen LogP contribution in [0.3, 0.4) is 0 Å². The maximum atomic E-state index is 13.4. The molecule has 0 radical (unpaired) electrons. The molecule has 22 heavy (non-hydrogen) atoms. The van der Waals surface area contributed by atoms with Crippen molar-refractivity contribution in [2.45, 2.75) is 47.0 Å². The second-order valence-electron chi connectivity index (χ2n) is 7.12. The summed E-state index contributed by atoms with van der Waals surface area (Å²) >= 11 is 0. The lowest BCUT2D eigenvalue weighted by Crippen LogP contribution is -2.39. The minimum Gasteiger partial charge on any atom is -0.298 e. The number of rotatable bonds is 5. The summed E-state index contributed by atoms with van der Waals surface area (Å²) in [6, 6.07) is 10.1. The smallest absolute Gasteiger partial charge is 0.150 e. The second kappa shape index (κ2) is 6.64. The van der Waals surface area contributed by atoms with Crippen LogP contribution in [0.1, 0.15) is 52.5 Å². The number of carbonyl (C=O) groups excluding carboxylic acids is 1. The minimum absolute atomic E-state index is 0.0697. The van der Waals surface area contributed by atoms with Gasteiger partial charge in [-0.1, -0.05) is 88.8 Å². The first kappa shape index (κ1) is 16.7. The van der Waals surface area contributed by atoms with Gasteiger partial charge in [-0.15, -0.1) is 0 Å². The zero-order chi connectivity index (χ0) is 16.3. The lowest BCUT2D eigenvalue weighted by Gasteiger charge is -2.39. The predicted molar refractivity (Wildman–Crippen MR) is 93.8 cm³/mol. The van der Waals surface area contributed by atoms with Crippen LogP contribution in [0.15, 0.2) is 54.1 Å². The first-order valence-corrected chi connectivity index (χ1v) is 8.36. The van der Waals surface area contributed by atoms with Crippen LogP contribution in [0, 0.1) is 17.3 Å². The van der Waals surface area contributed by atoms with E-state index in [0.29, 0.717) is 17.6 Å². The Kier molecular flexibility index (Phi) is 5.05. The van der Waals surface area contributed by atoms with Crippen molar-refractivity contribution in [2.75, 3.05) is 0 Å². The topological polar surface area (TPSA) is 17.1 Å². The van der Waals surface area contributed by atoms with Crippen LogP contribution in [0.4, 0.5) is 0 Å². The second-order valence-corrected chi connectivity index (χ2v) is 7.12. The van der Waals surface area contributed by atoms with Crippen molar-refractivity contribution in [3.63, 3.8) is 0 Å². The van der Waals surface area contributed by atoms with Gasteiger partial charge in [0.05, 0.1) is 5.41 Å². The summed E-state index contributed by atoms with van der Waals surface area (Å²) in [5.74, 6) is 1.06. The van der Waals surface area contributed by atoms with E-state index in [-0.39, 0.29) is 11.3 Å². The van der Waals surface area contributed by atoms with Crippen molar-refractivity contribution in [1.82, 2.24) is 0 Å². The van der Waals surface area contributed by atoms with Gasteiger partial charge < -0.3 is 0 Å². The molecule has 1 heteroatoms. The molecular weight excluding hydrogens is 268 g/mol.